The van der Waals surface area contributed by atoms with Gasteiger partial charge in [0, 0.05) is 16.0 Å². The number of thioether (sulfide) groups is 1. The summed E-state index contributed by atoms with van der Waals surface area (Å²) in [5, 5.41) is 1.10. The van der Waals surface area contributed by atoms with Gasteiger partial charge in [-0.15, -0.1) is 0 Å². The molecule has 0 aromatic heterocycles. The van der Waals surface area contributed by atoms with Gasteiger partial charge in [0.25, 0.3) is 5.91 Å². The van der Waals surface area contributed by atoms with Crippen molar-refractivity contribution in [2.75, 3.05) is 16.4 Å². The Hall–Kier alpha value is -1.83. The lowest BCUT2D eigenvalue weighted by Gasteiger charge is -2.26. The number of rotatable bonds is 3. The molecule has 2 aliphatic rings. The largest absolute Gasteiger partial charge is 0.315 e. The van der Waals surface area contributed by atoms with E-state index < -0.39 is 9.84 Å². The predicted octanol–water partition coefficient (Wildman–Crippen LogP) is 3.80. The van der Waals surface area contributed by atoms with E-state index in [1.807, 2.05) is 49.1 Å². The molecule has 0 saturated carbocycles. The zero-order valence-corrected chi connectivity index (χ0v) is 18.5. The molecule has 2 heterocycles. The number of aryl methyl sites for hydroxylation is 2. The van der Waals surface area contributed by atoms with Gasteiger partial charge in [0.1, 0.15) is 0 Å². The van der Waals surface area contributed by atoms with Crippen LogP contribution in [0.2, 0.25) is 5.02 Å². The Morgan fingerprint density at radius 1 is 1.17 bits per heavy atom. The van der Waals surface area contributed by atoms with Crippen molar-refractivity contribution in [1.29, 1.82) is 0 Å². The van der Waals surface area contributed by atoms with Crippen molar-refractivity contribution in [3.8, 4) is 0 Å². The number of amides is 1. The molecular formula is C21H21ClN2O3S2. The Bertz CT molecular complexity index is 1100. The summed E-state index contributed by atoms with van der Waals surface area (Å²) in [5.74, 6) is -0.0516. The summed E-state index contributed by atoms with van der Waals surface area (Å²) in [7, 11) is -3.09. The first kappa shape index (κ1) is 20.4. The first-order valence-corrected chi connectivity index (χ1v) is 12.4. The van der Waals surface area contributed by atoms with E-state index >= 15 is 0 Å². The van der Waals surface area contributed by atoms with Crippen LogP contribution in [0.4, 0.5) is 5.69 Å². The van der Waals surface area contributed by atoms with Crippen LogP contribution in [-0.4, -0.2) is 42.3 Å². The average molecular weight is 449 g/mol. The van der Waals surface area contributed by atoms with Crippen molar-refractivity contribution in [1.82, 2.24) is 0 Å². The Labute approximate surface area is 180 Å². The smallest absolute Gasteiger partial charge is 0.252 e. The van der Waals surface area contributed by atoms with Crippen molar-refractivity contribution in [3.63, 3.8) is 0 Å². The van der Waals surface area contributed by atoms with Crippen LogP contribution in [0.25, 0.3) is 0 Å². The molecular weight excluding hydrogens is 428 g/mol. The lowest BCUT2D eigenvalue weighted by atomic mass is 10.1. The number of amidine groups is 1. The summed E-state index contributed by atoms with van der Waals surface area (Å²) >= 11 is 7.30. The van der Waals surface area contributed by atoms with Crippen LogP contribution in [0.5, 0.6) is 0 Å². The summed E-state index contributed by atoms with van der Waals surface area (Å²) < 4.78 is 24.4. The normalized spacial score (nSPS) is 24.1. The molecule has 2 atom stereocenters. The second kappa shape index (κ2) is 7.78. The molecule has 0 bridgehead atoms. The van der Waals surface area contributed by atoms with Crippen molar-refractivity contribution in [2.45, 2.75) is 31.6 Å². The van der Waals surface area contributed by atoms with Gasteiger partial charge in [-0.2, -0.15) is 4.99 Å². The molecule has 2 fully saturated rings. The van der Waals surface area contributed by atoms with Crippen LogP contribution >= 0.6 is 23.4 Å². The molecule has 4 rings (SSSR count). The number of hydrogen-bond donors (Lipinski definition) is 0. The number of anilines is 1. The third-order valence-corrected chi connectivity index (χ3v) is 8.64. The highest BCUT2D eigenvalue weighted by Crippen LogP contribution is 2.42. The molecule has 0 unspecified atom stereocenters. The molecule has 0 radical (unpaired) electrons. The van der Waals surface area contributed by atoms with E-state index in [1.54, 1.807) is 12.1 Å². The molecule has 5 nitrogen and oxygen atoms in total. The van der Waals surface area contributed by atoms with Gasteiger partial charge in [-0.3, -0.25) is 4.79 Å². The van der Waals surface area contributed by atoms with Crippen LogP contribution < -0.4 is 4.90 Å². The highest BCUT2D eigenvalue weighted by molar-refractivity contribution is 8.16. The van der Waals surface area contributed by atoms with Gasteiger partial charge in [-0.05, 0) is 48.7 Å². The fourth-order valence-electron chi connectivity index (χ4n) is 3.75. The molecule has 2 aromatic carbocycles. The average Bonchev–Trinajstić information content (AvgIpc) is 3.10. The molecule has 1 amide bonds. The zero-order valence-electron chi connectivity index (χ0n) is 16.1. The Kier molecular flexibility index (Phi) is 5.48. The second-order valence-corrected chi connectivity index (χ2v) is 11.3. The van der Waals surface area contributed by atoms with Gasteiger partial charge in [-0.1, -0.05) is 47.6 Å². The zero-order chi connectivity index (χ0) is 20.8. The molecule has 152 valence electrons. The van der Waals surface area contributed by atoms with E-state index in [4.69, 9.17) is 11.6 Å². The number of halogens is 1. The van der Waals surface area contributed by atoms with E-state index in [-0.39, 0.29) is 35.1 Å². The molecule has 2 saturated heterocycles. The third kappa shape index (κ3) is 4.37. The highest BCUT2D eigenvalue weighted by Gasteiger charge is 2.49. The second-order valence-electron chi connectivity index (χ2n) is 7.55. The van der Waals surface area contributed by atoms with Gasteiger partial charge < -0.3 is 4.90 Å². The summed E-state index contributed by atoms with van der Waals surface area (Å²) in [5.41, 5.74) is 3.86. The minimum atomic E-state index is -3.09. The maximum absolute atomic E-state index is 12.7. The maximum Gasteiger partial charge on any atom is 0.252 e. The van der Waals surface area contributed by atoms with Gasteiger partial charge in [0.2, 0.25) is 0 Å². The lowest BCUT2D eigenvalue weighted by molar-refractivity contribution is -0.117. The number of carbonyl (C=O) groups is 1. The fraction of sp³-hybridized carbons (Fsp3) is 0.333. The monoisotopic (exact) mass is 448 g/mol. The molecule has 2 aromatic rings. The first-order chi connectivity index (χ1) is 13.7. The standard InChI is InChI=1S/C21H21ClN2O3S2/c1-13-3-4-14(2)17(9-13)24-18-11-29(26,27)12-19(18)28-21(24)23-20(25)10-15-5-7-16(22)8-6-15/h3-9,18-19H,10-12H2,1-2H3/t18-,19-/m1/s1. The SMILES string of the molecule is Cc1ccc(C)c(N2C(=NC(=O)Cc3ccc(Cl)cc3)S[C@@H]3CS(=O)(=O)C[C@H]32)c1. The Balaban J connectivity index is 1.67. The van der Waals surface area contributed by atoms with E-state index in [2.05, 4.69) is 4.99 Å². The van der Waals surface area contributed by atoms with Gasteiger partial charge in [0.05, 0.1) is 24.0 Å². The van der Waals surface area contributed by atoms with Crippen molar-refractivity contribution < 1.29 is 13.2 Å². The maximum atomic E-state index is 12.7. The van der Waals surface area contributed by atoms with Crippen molar-refractivity contribution >= 4 is 50.0 Å². The third-order valence-electron chi connectivity index (χ3n) is 5.18. The van der Waals surface area contributed by atoms with E-state index in [1.165, 1.54) is 11.8 Å². The number of benzene rings is 2. The van der Waals surface area contributed by atoms with Crippen molar-refractivity contribution in [2.24, 2.45) is 4.99 Å². The fourth-order valence-corrected chi connectivity index (χ4v) is 7.80. The molecule has 8 heteroatoms. The van der Waals surface area contributed by atoms with Crippen LogP contribution in [0.3, 0.4) is 0 Å². The Morgan fingerprint density at radius 3 is 2.62 bits per heavy atom. The van der Waals surface area contributed by atoms with E-state index in [0.717, 1.165) is 22.4 Å². The molecule has 29 heavy (non-hydrogen) atoms. The summed E-state index contributed by atoms with van der Waals surface area (Å²) in [6, 6.07) is 13.0. The number of carbonyl (C=O) groups excluding carboxylic acids is 1. The summed E-state index contributed by atoms with van der Waals surface area (Å²) in [4.78, 5) is 19.0. The minimum Gasteiger partial charge on any atom is -0.315 e. The quantitative estimate of drug-likeness (QED) is 0.714. The van der Waals surface area contributed by atoms with Crippen LogP contribution in [0.15, 0.2) is 47.5 Å². The number of hydrogen-bond acceptors (Lipinski definition) is 4. The number of nitrogens with zero attached hydrogens (tertiary/aromatic N) is 2. The van der Waals surface area contributed by atoms with Crippen LogP contribution in [0.1, 0.15) is 16.7 Å². The molecule has 0 spiro atoms. The molecule has 2 aliphatic heterocycles. The number of sulfone groups is 1. The van der Waals surface area contributed by atoms with Gasteiger partial charge >= 0.3 is 0 Å². The number of aliphatic imine (C=N–C) groups is 1. The van der Waals surface area contributed by atoms with Gasteiger partial charge in [0.15, 0.2) is 15.0 Å². The molecule has 0 aliphatic carbocycles. The topological polar surface area (TPSA) is 66.8 Å². The number of fused-ring (bicyclic) bond motifs is 1. The lowest BCUT2D eigenvalue weighted by Crippen LogP contribution is -2.38. The summed E-state index contributed by atoms with van der Waals surface area (Å²) in [6.45, 7) is 3.99. The van der Waals surface area contributed by atoms with E-state index in [9.17, 15) is 13.2 Å². The minimum absolute atomic E-state index is 0.0858. The summed E-state index contributed by atoms with van der Waals surface area (Å²) in [6.07, 6.45) is 0.176. The van der Waals surface area contributed by atoms with Gasteiger partial charge in [-0.25, -0.2) is 8.42 Å². The van der Waals surface area contributed by atoms with Crippen LogP contribution in [0, 0.1) is 13.8 Å². The first-order valence-electron chi connectivity index (χ1n) is 9.31. The molecule has 0 N–H and O–H groups in total. The van der Waals surface area contributed by atoms with E-state index in [0.29, 0.717) is 10.2 Å². The van der Waals surface area contributed by atoms with Crippen molar-refractivity contribution in [3.05, 3.63) is 64.2 Å². The Morgan fingerprint density at radius 2 is 1.90 bits per heavy atom. The highest BCUT2D eigenvalue weighted by atomic mass is 35.5. The van der Waals surface area contributed by atoms with Crippen LogP contribution in [-0.2, 0) is 21.1 Å². The predicted molar refractivity (Wildman–Crippen MR) is 120 cm³/mol.